The van der Waals surface area contributed by atoms with Crippen LogP contribution in [-0.4, -0.2) is 9.97 Å². The van der Waals surface area contributed by atoms with E-state index in [-0.39, 0.29) is 26.5 Å². The summed E-state index contributed by atoms with van der Waals surface area (Å²) in [6, 6.07) is 58.0. The maximum Gasteiger partial charge on any atom is 2.00 e. The van der Waals surface area contributed by atoms with Gasteiger partial charge in [-0.05, 0) is 61.5 Å². The number of aromatic nitrogens is 2. The molecule has 9 rings (SSSR count). The quantitative estimate of drug-likeness (QED) is 0.165. The van der Waals surface area contributed by atoms with Crippen LogP contribution in [0.3, 0.4) is 0 Å². The molecule has 0 saturated heterocycles. The van der Waals surface area contributed by atoms with Crippen LogP contribution in [-0.2, 0) is 31.9 Å². The summed E-state index contributed by atoms with van der Waals surface area (Å²) in [4.78, 5) is 9.86. The van der Waals surface area contributed by atoms with Gasteiger partial charge in [-0.15, -0.1) is 64.0 Å². The third-order valence-corrected chi connectivity index (χ3v) is 10.1. The van der Waals surface area contributed by atoms with E-state index in [0.29, 0.717) is 0 Å². The molecule has 0 bridgehead atoms. The monoisotopic (exact) mass is 821 g/mol. The van der Waals surface area contributed by atoms with E-state index in [4.69, 9.17) is 9.97 Å². The number of hydrogen-bond donors (Lipinski definition) is 0. The molecule has 1 aliphatic carbocycles. The molecule has 6 aromatic carbocycles. The first-order valence-corrected chi connectivity index (χ1v) is 16.9. The molecule has 0 atom stereocenters. The topological polar surface area (TPSA) is 25.8 Å². The number of pyridine rings is 2. The van der Waals surface area contributed by atoms with Crippen molar-refractivity contribution in [3.63, 3.8) is 0 Å². The minimum atomic E-state index is -0.680. The summed E-state index contributed by atoms with van der Waals surface area (Å²) in [5.74, 6) is 0. The van der Waals surface area contributed by atoms with Gasteiger partial charge in [0.1, 0.15) is 0 Å². The standard InChI is InChI=1S/C47H34N2.Pt/c1-46(2,3)35-23-24-48-45(29-35)41-28-37(25-32-14-6-7-18-38(32)41)47(42-21-10-8-19-39(42)40-20-9-11-22-43(40)47)36-17-12-16-33(26-36)44-27-31-13-4-5-15-34(31)30-49-44;/h4-25,27,29-30H,1-3H3;/q-2;+2. The number of fused-ring (bicyclic) bond motifs is 5. The van der Waals surface area contributed by atoms with Gasteiger partial charge in [-0.3, -0.25) is 0 Å². The van der Waals surface area contributed by atoms with Crippen molar-refractivity contribution in [1.82, 2.24) is 9.97 Å². The molecule has 8 aromatic rings. The maximum absolute atomic E-state index is 4.96. The molecule has 2 aromatic heterocycles. The van der Waals surface area contributed by atoms with Gasteiger partial charge in [-0.25, -0.2) is 0 Å². The molecule has 0 radical (unpaired) electrons. The van der Waals surface area contributed by atoms with E-state index >= 15 is 0 Å². The van der Waals surface area contributed by atoms with E-state index in [1.54, 1.807) is 0 Å². The van der Waals surface area contributed by atoms with Crippen LogP contribution in [0.25, 0.3) is 55.2 Å². The minimum Gasteiger partial charge on any atom is -0.305 e. The third-order valence-electron chi connectivity index (χ3n) is 10.1. The fourth-order valence-electron chi connectivity index (χ4n) is 7.71. The van der Waals surface area contributed by atoms with Crippen molar-refractivity contribution in [2.75, 3.05) is 0 Å². The Morgan fingerprint density at radius 3 is 1.94 bits per heavy atom. The van der Waals surface area contributed by atoms with Crippen LogP contribution >= 0.6 is 0 Å². The summed E-state index contributed by atoms with van der Waals surface area (Å²) < 4.78 is 0. The van der Waals surface area contributed by atoms with Gasteiger partial charge in [0.05, 0.1) is 0 Å². The Bertz CT molecular complexity index is 2510. The van der Waals surface area contributed by atoms with Gasteiger partial charge in [0.25, 0.3) is 0 Å². The van der Waals surface area contributed by atoms with Crippen LogP contribution in [0, 0.1) is 12.1 Å². The summed E-state index contributed by atoms with van der Waals surface area (Å²) in [5.41, 5.74) is 11.4. The Morgan fingerprint density at radius 1 is 0.540 bits per heavy atom. The van der Waals surface area contributed by atoms with Gasteiger partial charge in [-0.1, -0.05) is 135 Å². The van der Waals surface area contributed by atoms with Gasteiger partial charge in [-0.2, -0.15) is 0 Å². The third kappa shape index (κ3) is 5.05. The van der Waals surface area contributed by atoms with Crippen molar-refractivity contribution in [2.24, 2.45) is 0 Å². The molecule has 0 aliphatic heterocycles. The van der Waals surface area contributed by atoms with E-state index in [1.165, 1.54) is 27.8 Å². The summed E-state index contributed by atoms with van der Waals surface area (Å²) in [5, 5.41) is 4.58. The zero-order valence-electron chi connectivity index (χ0n) is 28.1. The molecule has 50 heavy (non-hydrogen) atoms. The summed E-state index contributed by atoms with van der Waals surface area (Å²) in [6.45, 7) is 6.75. The molecule has 242 valence electrons. The normalized spacial score (nSPS) is 13.1. The van der Waals surface area contributed by atoms with Crippen LogP contribution in [0.5, 0.6) is 0 Å². The predicted octanol–water partition coefficient (Wildman–Crippen LogP) is 11.4. The molecule has 0 unspecified atom stereocenters. The average Bonchev–Trinajstić information content (AvgIpc) is 3.45. The molecular formula is C47H34N2Pt. The van der Waals surface area contributed by atoms with E-state index in [9.17, 15) is 0 Å². The Kier molecular flexibility index (Phi) is 7.89. The first-order chi connectivity index (χ1) is 23.9. The first kappa shape index (κ1) is 32.1. The van der Waals surface area contributed by atoms with Crippen LogP contribution in [0.2, 0.25) is 0 Å². The molecule has 0 amide bonds. The number of nitrogens with zero attached hydrogens (tertiary/aromatic N) is 2. The van der Waals surface area contributed by atoms with Gasteiger partial charge >= 0.3 is 21.1 Å². The van der Waals surface area contributed by atoms with E-state index in [0.717, 1.165) is 55.2 Å². The van der Waals surface area contributed by atoms with Crippen molar-refractivity contribution in [2.45, 2.75) is 31.6 Å². The van der Waals surface area contributed by atoms with Gasteiger partial charge in [0.15, 0.2) is 0 Å². The van der Waals surface area contributed by atoms with Crippen LogP contribution < -0.4 is 0 Å². The summed E-state index contributed by atoms with van der Waals surface area (Å²) >= 11 is 0. The van der Waals surface area contributed by atoms with E-state index in [2.05, 4.69) is 172 Å². The summed E-state index contributed by atoms with van der Waals surface area (Å²) in [7, 11) is 0. The molecule has 0 fully saturated rings. The van der Waals surface area contributed by atoms with Crippen molar-refractivity contribution >= 4 is 21.5 Å². The van der Waals surface area contributed by atoms with Crippen molar-refractivity contribution < 1.29 is 21.1 Å². The second-order valence-corrected chi connectivity index (χ2v) is 14.1. The largest absolute Gasteiger partial charge is 2.00 e. The predicted molar refractivity (Wildman–Crippen MR) is 202 cm³/mol. The van der Waals surface area contributed by atoms with Gasteiger partial charge in [0.2, 0.25) is 0 Å². The Hall–Kier alpha value is -5.17. The fraction of sp³-hybridized carbons (Fsp3) is 0.106. The molecule has 0 saturated carbocycles. The Balaban J connectivity index is 0.00000361. The molecule has 0 spiro atoms. The van der Waals surface area contributed by atoms with Crippen molar-refractivity contribution in [3.8, 4) is 33.6 Å². The van der Waals surface area contributed by atoms with Crippen LogP contribution in [0.1, 0.15) is 48.6 Å². The second-order valence-electron chi connectivity index (χ2n) is 14.1. The number of benzene rings is 6. The van der Waals surface area contributed by atoms with Crippen LogP contribution in [0.4, 0.5) is 0 Å². The molecule has 1 aliphatic rings. The SMILES string of the molecule is CC(C)(C)c1ccnc(-c2[c-]c(C3(c4[c-]c(-c5cc6ccccc6cn5)ccc4)c4ccccc4-c4ccccc43)cc3ccccc23)c1.[Pt+2]. The second kappa shape index (κ2) is 12.3. The maximum atomic E-state index is 4.96. The van der Waals surface area contributed by atoms with Gasteiger partial charge < -0.3 is 9.97 Å². The van der Waals surface area contributed by atoms with Gasteiger partial charge in [0, 0.05) is 17.8 Å². The van der Waals surface area contributed by atoms with Crippen LogP contribution in [0.15, 0.2) is 152 Å². The Labute approximate surface area is 308 Å². The molecule has 0 N–H and O–H groups in total. The molecule has 2 nitrogen and oxygen atoms in total. The van der Waals surface area contributed by atoms with E-state index < -0.39 is 5.41 Å². The Morgan fingerprint density at radius 2 is 1.20 bits per heavy atom. The zero-order valence-corrected chi connectivity index (χ0v) is 30.4. The average molecular weight is 822 g/mol. The smallest absolute Gasteiger partial charge is 0.305 e. The van der Waals surface area contributed by atoms with Crippen molar-refractivity contribution in [3.05, 3.63) is 192 Å². The minimum absolute atomic E-state index is 0. The zero-order chi connectivity index (χ0) is 33.2. The summed E-state index contributed by atoms with van der Waals surface area (Å²) in [6.07, 6.45) is 3.90. The number of hydrogen-bond acceptors (Lipinski definition) is 2. The fourth-order valence-corrected chi connectivity index (χ4v) is 7.71. The first-order valence-electron chi connectivity index (χ1n) is 16.9. The molecule has 2 heterocycles. The molecule has 3 heteroatoms. The van der Waals surface area contributed by atoms with Crippen molar-refractivity contribution in [1.29, 1.82) is 0 Å². The molecular weight excluding hydrogens is 788 g/mol. The van der Waals surface area contributed by atoms with E-state index in [1.807, 2.05) is 12.4 Å². The number of rotatable bonds is 4.